The highest BCUT2D eigenvalue weighted by Crippen LogP contribution is 2.29. The summed E-state index contributed by atoms with van der Waals surface area (Å²) in [6.07, 6.45) is 2.22. The zero-order valence-corrected chi connectivity index (χ0v) is 11.8. The van der Waals surface area contributed by atoms with Crippen LogP contribution < -0.4 is 5.32 Å². The molecule has 116 valence electrons. The Labute approximate surface area is 118 Å². The second-order valence-corrected chi connectivity index (χ2v) is 5.71. The topological polar surface area (TPSA) is 41.6 Å². The molecule has 0 aromatic heterocycles. The minimum absolute atomic E-state index is 0.0485. The van der Waals surface area contributed by atoms with Crippen LogP contribution in [-0.4, -0.2) is 56.1 Å². The summed E-state index contributed by atoms with van der Waals surface area (Å²) < 4.78 is 28.7. The molecule has 2 aliphatic rings. The van der Waals surface area contributed by atoms with Gasteiger partial charge in [-0.1, -0.05) is 0 Å². The van der Waals surface area contributed by atoms with Gasteiger partial charge in [-0.25, -0.2) is 8.78 Å². The van der Waals surface area contributed by atoms with Crippen molar-refractivity contribution >= 4 is 5.91 Å². The summed E-state index contributed by atoms with van der Waals surface area (Å²) in [5.74, 6) is 0.572. The SMILES string of the molecule is O=C(CCOCC(F)F)N(CC1CCCNC1)C1CC1. The van der Waals surface area contributed by atoms with Crippen LogP contribution in [0, 0.1) is 5.92 Å². The first-order valence-corrected chi connectivity index (χ1v) is 7.53. The zero-order valence-electron chi connectivity index (χ0n) is 11.8. The fraction of sp³-hybridized carbons (Fsp3) is 0.929. The Hall–Kier alpha value is -0.750. The molecule has 1 atom stereocenters. The molecule has 6 heteroatoms. The molecule has 1 saturated carbocycles. The standard InChI is InChI=1S/C14H24F2N2O2/c15-13(16)10-20-7-5-14(19)18(12-3-4-12)9-11-2-1-6-17-8-11/h11-13,17H,1-10H2. The quantitative estimate of drug-likeness (QED) is 0.691. The van der Waals surface area contributed by atoms with Gasteiger partial charge in [0.2, 0.25) is 5.91 Å². The summed E-state index contributed by atoms with van der Waals surface area (Å²) in [7, 11) is 0. The Bertz CT molecular complexity index is 306. The van der Waals surface area contributed by atoms with E-state index >= 15 is 0 Å². The highest BCUT2D eigenvalue weighted by atomic mass is 19.3. The van der Waals surface area contributed by atoms with Crippen LogP contribution >= 0.6 is 0 Å². The van der Waals surface area contributed by atoms with Crippen LogP contribution in [-0.2, 0) is 9.53 Å². The van der Waals surface area contributed by atoms with Gasteiger partial charge in [0.1, 0.15) is 6.61 Å². The van der Waals surface area contributed by atoms with Gasteiger partial charge in [0.05, 0.1) is 13.0 Å². The lowest BCUT2D eigenvalue weighted by atomic mass is 9.99. The molecule has 1 saturated heterocycles. The van der Waals surface area contributed by atoms with Crippen molar-refractivity contribution < 1.29 is 18.3 Å². The van der Waals surface area contributed by atoms with E-state index in [-0.39, 0.29) is 18.9 Å². The highest BCUT2D eigenvalue weighted by molar-refractivity contribution is 5.77. The van der Waals surface area contributed by atoms with Crippen LogP contribution in [0.15, 0.2) is 0 Å². The first-order valence-electron chi connectivity index (χ1n) is 7.53. The molecule has 2 fully saturated rings. The van der Waals surface area contributed by atoms with Gasteiger partial charge >= 0.3 is 0 Å². The van der Waals surface area contributed by atoms with Gasteiger partial charge < -0.3 is 15.0 Å². The third-order valence-electron chi connectivity index (χ3n) is 3.87. The Morgan fingerprint density at radius 3 is 2.75 bits per heavy atom. The van der Waals surface area contributed by atoms with Gasteiger partial charge in [-0.05, 0) is 44.7 Å². The van der Waals surface area contributed by atoms with Crippen molar-refractivity contribution in [3.05, 3.63) is 0 Å². The lowest BCUT2D eigenvalue weighted by molar-refractivity contribution is -0.134. The molecule has 0 spiro atoms. The molecule has 0 aromatic carbocycles. The van der Waals surface area contributed by atoms with E-state index in [4.69, 9.17) is 4.74 Å². The molecule has 1 amide bonds. The maximum Gasteiger partial charge on any atom is 0.261 e. The number of hydrogen-bond acceptors (Lipinski definition) is 3. The van der Waals surface area contributed by atoms with Gasteiger partial charge in [-0.2, -0.15) is 0 Å². The summed E-state index contributed by atoms with van der Waals surface area (Å²) in [6.45, 7) is 2.34. The Kier molecular flexibility index (Phi) is 6.16. The van der Waals surface area contributed by atoms with Gasteiger partial charge in [-0.3, -0.25) is 4.79 Å². The summed E-state index contributed by atoms with van der Waals surface area (Å²) in [5, 5.41) is 3.36. The lowest BCUT2D eigenvalue weighted by Gasteiger charge is -2.30. The van der Waals surface area contributed by atoms with Crippen molar-refractivity contribution in [2.75, 3.05) is 32.8 Å². The number of halogens is 2. The Morgan fingerprint density at radius 2 is 2.15 bits per heavy atom. The molecular formula is C14H24F2N2O2. The fourth-order valence-electron chi connectivity index (χ4n) is 2.67. The predicted molar refractivity (Wildman–Crippen MR) is 71.8 cm³/mol. The molecule has 0 radical (unpaired) electrons. The molecule has 1 heterocycles. The first-order chi connectivity index (χ1) is 9.66. The minimum Gasteiger partial charge on any atom is -0.375 e. The number of carbonyl (C=O) groups is 1. The van der Waals surface area contributed by atoms with Crippen molar-refractivity contribution in [1.82, 2.24) is 10.2 Å². The van der Waals surface area contributed by atoms with E-state index in [9.17, 15) is 13.6 Å². The number of ether oxygens (including phenoxy) is 1. The van der Waals surface area contributed by atoms with Crippen LogP contribution in [0.5, 0.6) is 0 Å². The lowest BCUT2D eigenvalue weighted by Crippen LogP contribution is -2.42. The smallest absolute Gasteiger partial charge is 0.261 e. The van der Waals surface area contributed by atoms with Gasteiger partial charge in [0.25, 0.3) is 6.43 Å². The monoisotopic (exact) mass is 290 g/mol. The molecule has 1 aliphatic carbocycles. The van der Waals surface area contributed by atoms with E-state index in [2.05, 4.69) is 5.32 Å². The number of alkyl halides is 2. The third kappa shape index (κ3) is 5.32. The highest BCUT2D eigenvalue weighted by Gasteiger charge is 2.33. The van der Waals surface area contributed by atoms with Gasteiger partial charge in [-0.15, -0.1) is 0 Å². The molecular weight excluding hydrogens is 266 g/mol. The number of rotatable bonds is 8. The van der Waals surface area contributed by atoms with Crippen LogP contribution in [0.25, 0.3) is 0 Å². The third-order valence-corrected chi connectivity index (χ3v) is 3.87. The van der Waals surface area contributed by atoms with E-state index in [1.54, 1.807) is 0 Å². The molecule has 2 rings (SSSR count). The second-order valence-electron chi connectivity index (χ2n) is 5.71. The van der Waals surface area contributed by atoms with Crippen molar-refractivity contribution in [2.24, 2.45) is 5.92 Å². The van der Waals surface area contributed by atoms with E-state index < -0.39 is 13.0 Å². The maximum absolute atomic E-state index is 12.2. The first kappa shape index (κ1) is 15.6. The second kappa shape index (κ2) is 7.88. The predicted octanol–water partition coefficient (Wildman–Crippen LogP) is 1.65. The molecule has 4 nitrogen and oxygen atoms in total. The van der Waals surface area contributed by atoms with E-state index in [0.717, 1.165) is 45.3 Å². The molecule has 1 N–H and O–H groups in total. The van der Waals surface area contributed by atoms with Gasteiger partial charge in [0, 0.05) is 12.6 Å². The van der Waals surface area contributed by atoms with Crippen LogP contribution in [0.1, 0.15) is 32.1 Å². The van der Waals surface area contributed by atoms with Crippen molar-refractivity contribution in [3.8, 4) is 0 Å². The normalized spacial score (nSPS) is 23.1. The molecule has 1 aliphatic heterocycles. The molecule has 0 bridgehead atoms. The van der Waals surface area contributed by atoms with Crippen molar-refractivity contribution in [2.45, 2.75) is 44.6 Å². The van der Waals surface area contributed by atoms with Gasteiger partial charge in [0.15, 0.2) is 0 Å². The molecule has 20 heavy (non-hydrogen) atoms. The summed E-state index contributed by atoms with van der Waals surface area (Å²) >= 11 is 0. The number of amides is 1. The van der Waals surface area contributed by atoms with E-state index in [1.807, 2.05) is 4.90 Å². The number of carbonyl (C=O) groups excluding carboxylic acids is 1. The van der Waals surface area contributed by atoms with Crippen molar-refractivity contribution in [1.29, 1.82) is 0 Å². The Morgan fingerprint density at radius 1 is 1.35 bits per heavy atom. The summed E-state index contributed by atoms with van der Waals surface area (Å²) in [6, 6.07) is 0.375. The molecule has 0 aromatic rings. The number of hydrogen-bond donors (Lipinski definition) is 1. The fourth-order valence-corrected chi connectivity index (χ4v) is 2.67. The number of nitrogens with zero attached hydrogens (tertiary/aromatic N) is 1. The van der Waals surface area contributed by atoms with Crippen LogP contribution in [0.3, 0.4) is 0 Å². The summed E-state index contributed by atoms with van der Waals surface area (Å²) in [4.78, 5) is 14.1. The number of nitrogens with one attached hydrogen (secondary N) is 1. The van der Waals surface area contributed by atoms with E-state index in [1.165, 1.54) is 0 Å². The zero-order chi connectivity index (χ0) is 14.4. The minimum atomic E-state index is -2.46. The number of piperidine rings is 1. The van der Waals surface area contributed by atoms with Crippen molar-refractivity contribution in [3.63, 3.8) is 0 Å². The Balaban J connectivity index is 1.71. The summed E-state index contributed by atoms with van der Waals surface area (Å²) in [5.41, 5.74) is 0. The van der Waals surface area contributed by atoms with Crippen LogP contribution in [0.2, 0.25) is 0 Å². The molecule has 1 unspecified atom stereocenters. The largest absolute Gasteiger partial charge is 0.375 e. The maximum atomic E-state index is 12.2. The average Bonchev–Trinajstić information content (AvgIpc) is 3.26. The van der Waals surface area contributed by atoms with E-state index in [0.29, 0.717) is 12.0 Å². The van der Waals surface area contributed by atoms with Crippen LogP contribution in [0.4, 0.5) is 8.78 Å². The average molecular weight is 290 g/mol.